The van der Waals surface area contributed by atoms with Crippen molar-refractivity contribution >= 4 is 17.5 Å². The molecule has 0 saturated heterocycles. The van der Waals surface area contributed by atoms with E-state index in [0.29, 0.717) is 30.0 Å². The van der Waals surface area contributed by atoms with E-state index in [-0.39, 0.29) is 29.3 Å². The maximum absolute atomic E-state index is 13.4. The first-order valence-corrected chi connectivity index (χ1v) is 11.8. The lowest BCUT2D eigenvalue weighted by Gasteiger charge is -2.40. The highest BCUT2D eigenvalue weighted by atomic mass is 16.5. The van der Waals surface area contributed by atoms with E-state index < -0.39 is 0 Å². The molecule has 2 aromatic carbocycles. The summed E-state index contributed by atoms with van der Waals surface area (Å²) >= 11 is 0. The zero-order valence-corrected chi connectivity index (χ0v) is 20.3. The second-order valence-electron chi connectivity index (χ2n) is 10.1. The molecule has 0 aromatic heterocycles. The van der Waals surface area contributed by atoms with E-state index in [1.165, 1.54) is 0 Å². The van der Waals surface area contributed by atoms with Crippen molar-refractivity contribution in [1.82, 2.24) is 4.90 Å². The van der Waals surface area contributed by atoms with Gasteiger partial charge in [0.1, 0.15) is 5.75 Å². The van der Waals surface area contributed by atoms with Crippen LogP contribution in [0.25, 0.3) is 0 Å². The number of amides is 2. The summed E-state index contributed by atoms with van der Waals surface area (Å²) in [5.41, 5.74) is 8.40. The fourth-order valence-electron chi connectivity index (χ4n) is 4.46. The molecule has 0 radical (unpaired) electrons. The zero-order chi connectivity index (χ0) is 24.0. The van der Waals surface area contributed by atoms with Crippen LogP contribution in [0.4, 0.5) is 5.69 Å². The van der Waals surface area contributed by atoms with Gasteiger partial charge in [0.05, 0.1) is 12.7 Å². The average molecular weight is 452 g/mol. The monoisotopic (exact) mass is 451 g/mol. The first kappa shape index (κ1) is 24.8. The Morgan fingerprint density at radius 2 is 1.73 bits per heavy atom. The molecule has 2 atom stereocenters. The van der Waals surface area contributed by atoms with Gasteiger partial charge in [0.15, 0.2) is 0 Å². The van der Waals surface area contributed by atoms with E-state index in [1.54, 1.807) is 25.3 Å². The second-order valence-corrected chi connectivity index (χ2v) is 10.1. The molecule has 3 N–H and O–H groups in total. The SMILES string of the molecule is COc1ccccc1C(=O)Nc1ccccc1CN(C(=O)CC(C)(C)C)C1CCCCC1N. The number of nitrogens with two attached hydrogens (primary N) is 1. The third kappa shape index (κ3) is 6.57. The lowest BCUT2D eigenvalue weighted by Crippen LogP contribution is -2.52. The smallest absolute Gasteiger partial charge is 0.259 e. The fourth-order valence-corrected chi connectivity index (χ4v) is 4.46. The largest absolute Gasteiger partial charge is 0.496 e. The summed E-state index contributed by atoms with van der Waals surface area (Å²) in [4.78, 5) is 28.4. The van der Waals surface area contributed by atoms with E-state index in [1.807, 2.05) is 35.2 Å². The normalized spacial score (nSPS) is 18.5. The van der Waals surface area contributed by atoms with Crippen molar-refractivity contribution in [2.45, 2.75) is 71.5 Å². The number of para-hydroxylation sites is 2. The van der Waals surface area contributed by atoms with Gasteiger partial charge in [0, 0.05) is 30.7 Å². The van der Waals surface area contributed by atoms with Gasteiger partial charge in [-0.2, -0.15) is 0 Å². The van der Waals surface area contributed by atoms with Crippen LogP contribution in [-0.2, 0) is 11.3 Å². The Kier molecular flexibility index (Phi) is 8.14. The highest BCUT2D eigenvalue weighted by Crippen LogP contribution is 2.29. The number of hydrogen-bond donors (Lipinski definition) is 2. The van der Waals surface area contributed by atoms with Crippen LogP contribution in [0.2, 0.25) is 0 Å². The number of benzene rings is 2. The zero-order valence-electron chi connectivity index (χ0n) is 20.3. The third-order valence-electron chi connectivity index (χ3n) is 6.14. The number of carbonyl (C=O) groups is 2. The molecule has 2 aromatic rings. The van der Waals surface area contributed by atoms with Crippen LogP contribution >= 0.6 is 0 Å². The van der Waals surface area contributed by atoms with E-state index in [2.05, 4.69) is 26.1 Å². The number of hydrogen-bond acceptors (Lipinski definition) is 4. The summed E-state index contributed by atoms with van der Waals surface area (Å²) in [7, 11) is 1.55. The van der Waals surface area contributed by atoms with Gasteiger partial charge >= 0.3 is 0 Å². The van der Waals surface area contributed by atoms with Crippen molar-refractivity contribution < 1.29 is 14.3 Å². The number of rotatable bonds is 7. The van der Waals surface area contributed by atoms with Crippen molar-refractivity contribution in [1.29, 1.82) is 0 Å². The minimum absolute atomic E-state index is 0.00609. The number of ether oxygens (including phenoxy) is 1. The summed E-state index contributed by atoms with van der Waals surface area (Å²) in [5.74, 6) is 0.375. The van der Waals surface area contributed by atoms with E-state index in [4.69, 9.17) is 10.5 Å². The number of anilines is 1. The topological polar surface area (TPSA) is 84.7 Å². The van der Waals surface area contributed by atoms with Crippen LogP contribution in [0.1, 0.15) is 68.8 Å². The maximum Gasteiger partial charge on any atom is 0.259 e. The Morgan fingerprint density at radius 3 is 2.42 bits per heavy atom. The Labute approximate surface area is 197 Å². The molecule has 1 fully saturated rings. The molecule has 3 rings (SSSR count). The molecule has 1 aliphatic carbocycles. The molecular weight excluding hydrogens is 414 g/mol. The third-order valence-corrected chi connectivity index (χ3v) is 6.14. The molecule has 0 bridgehead atoms. The Morgan fingerprint density at radius 1 is 1.06 bits per heavy atom. The maximum atomic E-state index is 13.4. The fraction of sp³-hybridized carbons (Fsp3) is 0.481. The lowest BCUT2D eigenvalue weighted by molar-refractivity contribution is -0.137. The molecule has 33 heavy (non-hydrogen) atoms. The molecule has 6 nitrogen and oxygen atoms in total. The minimum atomic E-state index is -0.248. The van der Waals surface area contributed by atoms with Crippen LogP contribution in [0.5, 0.6) is 5.75 Å². The molecule has 1 aliphatic rings. The first-order valence-electron chi connectivity index (χ1n) is 11.8. The van der Waals surface area contributed by atoms with Crippen molar-refractivity contribution in [2.75, 3.05) is 12.4 Å². The van der Waals surface area contributed by atoms with Gasteiger partial charge in [-0.25, -0.2) is 0 Å². The quantitative estimate of drug-likeness (QED) is 0.622. The molecule has 0 spiro atoms. The van der Waals surface area contributed by atoms with Gasteiger partial charge in [0.25, 0.3) is 5.91 Å². The highest BCUT2D eigenvalue weighted by molar-refractivity contribution is 6.06. The van der Waals surface area contributed by atoms with Crippen LogP contribution in [0.15, 0.2) is 48.5 Å². The molecule has 2 amide bonds. The lowest BCUT2D eigenvalue weighted by atomic mass is 9.87. The van der Waals surface area contributed by atoms with Crippen LogP contribution in [0, 0.1) is 5.41 Å². The van der Waals surface area contributed by atoms with Crippen molar-refractivity contribution in [2.24, 2.45) is 11.1 Å². The Balaban J connectivity index is 1.87. The highest BCUT2D eigenvalue weighted by Gasteiger charge is 2.33. The summed E-state index contributed by atoms with van der Waals surface area (Å²) < 4.78 is 5.34. The summed E-state index contributed by atoms with van der Waals surface area (Å²) in [5, 5.41) is 3.02. The van der Waals surface area contributed by atoms with Gasteiger partial charge in [0.2, 0.25) is 5.91 Å². The Bertz CT molecular complexity index is 967. The first-order chi connectivity index (χ1) is 15.7. The van der Waals surface area contributed by atoms with Crippen molar-refractivity contribution in [3.8, 4) is 5.75 Å². The number of nitrogens with one attached hydrogen (secondary N) is 1. The van der Waals surface area contributed by atoms with E-state index >= 15 is 0 Å². The van der Waals surface area contributed by atoms with E-state index in [0.717, 1.165) is 31.2 Å². The molecular formula is C27H37N3O3. The minimum Gasteiger partial charge on any atom is -0.496 e. The Hall–Kier alpha value is -2.86. The average Bonchev–Trinajstić information content (AvgIpc) is 2.77. The van der Waals surface area contributed by atoms with Crippen molar-refractivity contribution in [3.05, 3.63) is 59.7 Å². The van der Waals surface area contributed by atoms with Gasteiger partial charge in [-0.1, -0.05) is 63.9 Å². The summed E-state index contributed by atoms with van der Waals surface area (Å²) in [6.45, 7) is 6.64. The summed E-state index contributed by atoms with van der Waals surface area (Å²) in [6, 6.07) is 14.8. The van der Waals surface area contributed by atoms with Gasteiger partial charge in [-0.3, -0.25) is 9.59 Å². The second kappa shape index (κ2) is 10.8. The number of nitrogens with zero attached hydrogens (tertiary/aromatic N) is 1. The number of methoxy groups -OCH3 is 1. The van der Waals surface area contributed by atoms with Crippen molar-refractivity contribution in [3.63, 3.8) is 0 Å². The van der Waals surface area contributed by atoms with Crippen LogP contribution < -0.4 is 15.8 Å². The van der Waals surface area contributed by atoms with Gasteiger partial charge in [-0.15, -0.1) is 0 Å². The molecule has 0 heterocycles. The summed E-state index contributed by atoms with van der Waals surface area (Å²) in [6.07, 6.45) is 4.46. The molecule has 1 saturated carbocycles. The predicted molar refractivity (Wildman–Crippen MR) is 132 cm³/mol. The van der Waals surface area contributed by atoms with E-state index in [9.17, 15) is 9.59 Å². The number of carbonyl (C=O) groups excluding carboxylic acids is 2. The van der Waals surface area contributed by atoms with Gasteiger partial charge in [-0.05, 0) is 42.0 Å². The van der Waals surface area contributed by atoms with Crippen LogP contribution in [-0.4, -0.2) is 35.9 Å². The predicted octanol–water partition coefficient (Wildman–Crippen LogP) is 4.98. The molecule has 0 aliphatic heterocycles. The molecule has 6 heteroatoms. The molecule has 2 unspecified atom stereocenters. The standard InChI is InChI=1S/C27H37N3O3/c1-27(2,3)17-25(31)30(23-15-9-7-13-21(23)28)18-19-11-5-8-14-22(19)29-26(32)20-12-6-10-16-24(20)33-4/h5-6,8,10-12,14,16,21,23H,7,9,13,15,17-18,28H2,1-4H3,(H,29,32). The van der Waals surface area contributed by atoms with Crippen LogP contribution in [0.3, 0.4) is 0 Å². The molecule has 178 valence electrons. The van der Waals surface area contributed by atoms with Gasteiger partial charge < -0.3 is 20.7 Å².